The van der Waals surface area contributed by atoms with Crippen LogP contribution in [0.5, 0.6) is 0 Å². The van der Waals surface area contributed by atoms with E-state index in [0.717, 1.165) is 19.3 Å². The number of rotatable bonds is 2. The standard InChI is InChI=1S/C14H18Cl2NO3P/c1-9-11-4-2-3-5-14(11)20-21(18,19-9)17-13-8-10(15)6-7-12(13)16/h6-9,11,14H,2-5H2,1H3,(H,17,18)/t9-,11+,14+,21+/m0/s1. The predicted octanol–water partition coefficient (Wildman–Crippen LogP) is 5.51. The van der Waals surface area contributed by atoms with E-state index in [0.29, 0.717) is 21.7 Å². The highest BCUT2D eigenvalue weighted by atomic mass is 35.5. The molecule has 1 aliphatic heterocycles. The molecule has 0 spiro atoms. The molecule has 21 heavy (non-hydrogen) atoms. The van der Waals surface area contributed by atoms with Crippen LogP contribution in [0.15, 0.2) is 18.2 Å². The van der Waals surface area contributed by atoms with Gasteiger partial charge in [0.25, 0.3) is 0 Å². The van der Waals surface area contributed by atoms with Crippen molar-refractivity contribution in [3.8, 4) is 0 Å². The average molecular weight is 350 g/mol. The van der Waals surface area contributed by atoms with Gasteiger partial charge in [-0.25, -0.2) is 4.57 Å². The molecule has 1 saturated heterocycles. The molecule has 1 N–H and O–H groups in total. The van der Waals surface area contributed by atoms with Crippen molar-refractivity contribution in [2.45, 2.75) is 44.8 Å². The molecule has 1 aromatic carbocycles. The first-order chi connectivity index (χ1) is 9.97. The maximum Gasteiger partial charge on any atom is 0.433 e. The van der Waals surface area contributed by atoms with Gasteiger partial charge in [-0.05, 0) is 38.0 Å². The summed E-state index contributed by atoms with van der Waals surface area (Å²) in [7, 11) is -3.42. The van der Waals surface area contributed by atoms with Crippen molar-refractivity contribution in [1.82, 2.24) is 0 Å². The highest BCUT2D eigenvalue weighted by molar-refractivity contribution is 7.55. The highest BCUT2D eigenvalue weighted by Gasteiger charge is 2.45. The number of benzene rings is 1. The van der Waals surface area contributed by atoms with Crippen molar-refractivity contribution in [2.24, 2.45) is 5.92 Å². The summed E-state index contributed by atoms with van der Waals surface area (Å²) < 4.78 is 24.3. The number of anilines is 1. The fourth-order valence-corrected chi connectivity index (χ4v) is 5.33. The number of hydrogen-bond donors (Lipinski definition) is 1. The molecule has 0 radical (unpaired) electrons. The Morgan fingerprint density at radius 3 is 2.81 bits per heavy atom. The maximum atomic E-state index is 12.9. The van der Waals surface area contributed by atoms with Gasteiger partial charge in [0.05, 0.1) is 22.9 Å². The molecule has 0 aromatic heterocycles. The molecular weight excluding hydrogens is 332 g/mol. The van der Waals surface area contributed by atoms with Crippen molar-refractivity contribution in [2.75, 3.05) is 5.09 Å². The minimum Gasteiger partial charge on any atom is -0.291 e. The van der Waals surface area contributed by atoms with Crippen LogP contribution in [0, 0.1) is 5.92 Å². The van der Waals surface area contributed by atoms with Crippen LogP contribution in [0.1, 0.15) is 32.6 Å². The quantitative estimate of drug-likeness (QED) is 0.715. The van der Waals surface area contributed by atoms with Crippen LogP contribution < -0.4 is 5.09 Å². The van der Waals surface area contributed by atoms with E-state index in [1.165, 1.54) is 6.42 Å². The minimum atomic E-state index is -3.42. The van der Waals surface area contributed by atoms with Gasteiger partial charge in [-0.2, -0.15) is 0 Å². The SMILES string of the molecule is C[C@@H]1O[P@](=O)(Nc2cc(Cl)ccc2Cl)O[C@@H]2CCCC[C@H]12. The van der Waals surface area contributed by atoms with E-state index in [2.05, 4.69) is 5.09 Å². The van der Waals surface area contributed by atoms with Crippen LogP contribution >= 0.6 is 30.9 Å². The van der Waals surface area contributed by atoms with E-state index in [1.54, 1.807) is 18.2 Å². The Morgan fingerprint density at radius 1 is 1.24 bits per heavy atom. The molecule has 1 saturated carbocycles. The largest absolute Gasteiger partial charge is 0.433 e. The minimum absolute atomic E-state index is 0.0150. The number of nitrogens with one attached hydrogen (secondary N) is 1. The molecule has 2 fully saturated rings. The zero-order valence-corrected chi connectivity index (χ0v) is 14.1. The molecule has 0 bridgehead atoms. The van der Waals surface area contributed by atoms with Crippen LogP contribution in [-0.2, 0) is 13.6 Å². The van der Waals surface area contributed by atoms with Crippen molar-refractivity contribution < 1.29 is 13.6 Å². The van der Waals surface area contributed by atoms with Crippen molar-refractivity contribution in [3.05, 3.63) is 28.2 Å². The molecule has 4 nitrogen and oxygen atoms in total. The Bertz CT molecular complexity index is 583. The second-order valence-corrected chi connectivity index (χ2v) is 8.12. The lowest BCUT2D eigenvalue weighted by Crippen LogP contribution is -2.40. The average Bonchev–Trinajstić information content (AvgIpc) is 2.42. The van der Waals surface area contributed by atoms with E-state index in [9.17, 15) is 4.57 Å². The van der Waals surface area contributed by atoms with Gasteiger partial charge in [-0.1, -0.05) is 36.0 Å². The molecule has 2 aliphatic rings. The summed E-state index contributed by atoms with van der Waals surface area (Å²) in [5.74, 6) is 0.317. The molecule has 4 atom stereocenters. The smallest absolute Gasteiger partial charge is 0.291 e. The second kappa shape index (κ2) is 6.10. The monoisotopic (exact) mass is 349 g/mol. The maximum absolute atomic E-state index is 12.9. The molecule has 1 heterocycles. The lowest BCUT2D eigenvalue weighted by atomic mass is 9.83. The van der Waals surface area contributed by atoms with Gasteiger partial charge in [0, 0.05) is 10.9 Å². The Balaban J connectivity index is 1.81. The predicted molar refractivity (Wildman–Crippen MR) is 85.1 cm³/mol. The van der Waals surface area contributed by atoms with Crippen LogP contribution in [0.4, 0.5) is 5.69 Å². The molecule has 0 amide bonds. The van der Waals surface area contributed by atoms with E-state index in [-0.39, 0.29) is 12.2 Å². The highest BCUT2D eigenvalue weighted by Crippen LogP contribution is 2.58. The van der Waals surface area contributed by atoms with Gasteiger partial charge in [-0.15, -0.1) is 0 Å². The lowest BCUT2D eigenvalue weighted by molar-refractivity contribution is -0.0363. The molecule has 1 aromatic rings. The Hall–Kier alpha value is -0.250. The molecule has 0 unspecified atom stereocenters. The van der Waals surface area contributed by atoms with Crippen molar-refractivity contribution in [3.63, 3.8) is 0 Å². The Labute approximate surface area is 134 Å². The van der Waals surface area contributed by atoms with Crippen molar-refractivity contribution >= 4 is 36.6 Å². The van der Waals surface area contributed by atoms with E-state index in [4.69, 9.17) is 32.2 Å². The number of fused-ring (bicyclic) bond motifs is 1. The van der Waals surface area contributed by atoms with Crippen LogP contribution in [0.25, 0.3) is 0 Å². The van der Waals surface area contributed by atoms with E-state index >= 15 is 0 Å². The zero-order chi connectivity index (χ0) is 15.0. The molecule has 116 valence electrons. The van der Waals surface area contributed by atoms with Gasteiger partial charge in [-0.3, -0.25) is 14.1 Å². The van der Waals surface area contributed by atoms with Crippen LogP contribution in [0.2, 0.25) is 10.0 Å². The number of halogens is 2. The summed E-state index contributed by atoms with van der Waals surface area (Å²) in [6.07, 6.45) is 4.15. The van der Waals surface area contributed by atoms with Crippen LogP contribution in [0.3, 0.4) is 0 Å². The first-order valence-electron chi connectivity index (χ1n) is 7.17. The summed E-state index contributed by atoms with van der Waals surface area (Å²) >= 11 is 12.0. The fourth-order valence-electron chi connectivity index (χ4n) is 3.08. The Morgan fingerprint density at radius 2 is 2.00 bits per heavy atom. The van der Waals surface area contributed by atoms with E-state index < -0.39 is 7.75 Å². The fraction of sp³-hybridized carbons (Fsp3) is 0.571. The van der Waals surface area contributed by atoms with Crippen molar-refractivity contribution in [1.29, 1.82) is 0 Å². The molecule has 1 aliphatic carbocycles. The van der Waals surface area contributed by atoms with Gasteiger partial charge in [0.2, 0.25) is 0 Å². The molecule has 7 heteroatoms. The van der Waals surface area contributed by atoms with Gasteiger partial charge >= 0.3 is 7.75 Å². The van der Waals surface area contributed by atoms with Gasteiger partial charge < -0.3 is 0 Å². The summed E-state index contributed by atoms with van der Waals surface area (Å²) in [5, 5.41) is 3.76. The third kappa shape index (κ3) is 3.40. The normalized spacial score (nSPS) is 36.0. The van der Waals surface area contributed by atoms with Gasteiger partial charge in [0.1, 0.15) is 0 Å². The summed E-state index contributed by atoms with van der Waals surface area (Å²) in [5.41, 5.74) is 0.467. The summed E-state index contributed by atoms with van der Waals surface area (Å²) in [6.45, 7) is 1.96. The lowest BCUT2D eigenvalue weighted by Gasteiger charge is -2.42. The Kier molecular flexibility index (Phi) is 4.54. The first-order valence-corrected chi connectivity index (χ1v) is 9.47. The topological polar surface area (TPSA) is 47.6 Å². The third-order valence-corrected chi connectivity index (χ3v) is 6.36. The first kappa shape index (κ1) is 15.6. The number of hydrogen-bond acceptors (Lipinski definition) is 3. The zero-order valence-electron chi connectivity index (χ0n) is 11.7. The van der Waals surface area contributed by atoms with Crippen LogP contribution in [-0.4, -0.2) is 12.2 Å². The summed E-state index contributed by atoms with van der Waals surface area (Å²) in [6, 6.07) is 4.94. The third-order valence-electron chi connectivity index (χ3n) is 4.12. The molecular formula is C14H18Cl2NO3P. The van der Waals surface area contributed by atoms with Gasteiger partial charge in [0.15, 0.2) is 0 Å². The second-order valence-electron chi connectivity index (χ2n) is 5.64. The summed E-state index contributed by atoms with van der Waals surface area (Å²) in [4.78, 5) is 0. The molecule has 3 rings (SSSR count). The van der Waals surface area contributed by atoms with E-state index in [1.807, 2.05) is 6.92 Å².